The first-order chi connectivity index (χ1) is 7.33. The molecule has 2 nitrogen and oxygen atoms in total. The molecule has 0 bridgehead atoms. The number of nitrogens with zero attached hydrogens (tertiary/aromatic N) is 1. The fourth-order valence-electron chi connectivity index (χ4n) is 1.43. The number of pyridine rings is 1. The normalized spacial score (nSPS) is 9.93. The Hall–Kier alpha value is -1.48. The van der Waals surface area contributed by atoms with Crippen LogP contribution in [0.15, 0.2) is 47.2 Å². The summed E-state index contributed by atoms with van der Waals surface area (Å²) in [5.41, 5.74) is 2.50. The molecule has 0 fully saturated rings. The molecule has 0 aliphatic heterocycles. The van der Waals surface area contributed by atoms with Gasteiger partial charge in [-0.25, -0.2) is 4.98 Å². The molecule has 0 atom stereocenters. The van der Waals surface area contributed by atoms with Crippen LogP contribution in [0.2, 0.25) is 0 Å². The lowest BCUT2D eigenvalue weighted by molar-refractivity contribution is 0.112. The number of hydrogen-bond acceptors (Lipinski definition) is 2. The molecular formula is C12H8BrNO. The van der Waals surface area contributed by atoms with Crippen molar-refractivity contribution in [1.29, 1.82) is 0 Å². The van der Waals surface area contributed by atoms with Crippen molar-refractivity contribution in [3.05, 3.63) is 52.8 Å². The van der Waals surface area contributed by atoms with E-state index in [0.717, 1.165) is 17.4 Å². The summed E-state index contributed by atoms with van der Waals surface area (Å²) in [6.45, 7) is 0. The van der Waals surface area contributed by atoms with E-state index in [0.29, 0.717) is 10.2 Å². The van der Waals surface area contributed by atoms with Gasteiger partial charge in [0.15, 0.2) is 6.29 Å². The minimum Gasteiger partial charge on any atom is -0.298 e. The summed E-state index contributed by atoms with van der Waals surface area (Å²) in [6, 6.07) is 11.6. The second-order valence-electron chi connectivity index (χ2n) is 3.05. The van der Waals surface area contributed by atoms with Gasteiger partial charge in [-0.05, 0) is 33.1 Å². The molecule has 1 aromatic carbocycles. The Kier molecular flexibility index (Phi) is 2.92. The highest BCUT2D eigenvalue weighted by Gasteiger charge is 2.07. The monoisotopic (exact) mass is 261 g/mol. The van der Waals surface area contributed by atoms with Crippen LogP contribution in [0.5, 0.6) is 0 Å². The van der Waals surface area contributed by atoms with Crippen molar-refractivity contribution in [2.24, 2.45) is 0 Å². The van der Waals surface area contributed by atoms with E-state index < -0.39 is 0 Å². The number of carbonyl (C=O) groups is 1. The van der Waals surface area contributed by atoms with E-state index in [1.54, 1.807) is 6.20 Å². The van der Waals surface area contributed by atoms with E-state index in [1.165, 1.54) is 0 Å². The summed E-state index contributed by atoms with van der Waals surface area (Å²) in [6.07, 6.45) is 2.50. The molecule has 1 aromatic heterocycles. The molecule has 2 rings (SSSR count). The predicted molar refractivity (Wildman–Crippen MR) is 62.8 cm³/mol. The maximum Gasteiger partial charge on any atom is 0.153 e. The van der Waals surface area contributed by atoms with Gasteiger partial charge in [0.05, 0.1) is 5.56 Å². The summed E-state index contributed by atoms with van der Waals surface area (Å²) < 4.78 is 0.582. The lowest BCUT2D eigenvalue weighted by atomic mass is 10.0. The summed E-state index contributed by atoms with van der Waals surface area (Å²) in [5.74, 6) is 0. The highest BCUT2D eigenvalue weighted by molar-refractivity contribution is 9.10. The van der Waals surface area contributed by atoms with Gasteiger partial charge in [0.1, 0.15) is 4.60 Å². The second kappa shape index (κ2) is 4.36. The lowest BCUT2D eigenvalue weighted by Gasteiger charge is -2.05. The number of aldehydes is 1. The van der Waals surface area contributed by atoms with E-state index in [1.807, 2.05) is 36.4 Å². The Bertz CT molecular complexity index is 482. The molecule has 0 amide bonds. The van der Waals surface area contributed by atoms with Crippen LogP contribution in [0.3, 0.4) is 0 Å². The van der Waals surface area contributed by atoms with Gasteiger partial charge in [0.2, 0.25) is 0 Å². The van der Waals surface area contributed by atoms with E-state index in [4.69, 9.17) is 0 Å². The zero-order valence-electron chi connectivity index (χ0n) is 7.85. The summed E-state index contributed by atoms with van der Waals surface area (Å²) in [5, 5.41) is 0. The Morgan fingerprint density at radius 2 is 1.87 bits per heavy atom. The maximum absolute atomic E-state index is 11.0. The molecular weight excluding hydrogens is 254 g/mol. The number of hydrogen-bond donors (Lipinski definition) is 0. The Morgan fingerprint density at radius 1 is 1.13 bits per heavy atom. The van der Waals surface area contributed by atoms with Gasteiger partial charge in [-0.2, -0.15) is 0 Å². The van der Waals surface area contributed by atoms with Crippen molar-refractivity contribution < 1.29 is 4.79 Å². The topological polar surface area (TPSA) is 30.0 Å². The van der Waals surface area contributed by atoms with Crippen LogP contribution in [0, 0.1) is 0 Å². The van der Waals surface area contributed by atoms with Crippen molar-refractivity contribution in [3.8, 4) is 11.1 Å². The molecule has 0 N–H and O–H groups in total. The van der Waals surface area contributed by atoms with Crippen LogP contribution in [0.25, 0.3) is 11.1 Å². The Balaban J connectivity index is 2.63. The molecule has 0 saturated heterocycles. The van der Waals surface area contributed by atoms with E-state index >= 15 is 0 Å². The van der Waals surface area contributed by atoms with Crippen molar-refractivity contribution in [2.45, 2.75) is 0 Å². The molecule has 0 spiro atoms. The average molecular weight is 262 g/mol. The lowest BCUT2D eigenvalue weighted by Crippen LogP contribution is -1.91. The molecule has 0 aliphatic carbocycles. The summed E-state index contributed by atoms with van der Waals surface area (Å²) in [7, 11) is 0. The Labute approximate surface area is 96.1 Å². The zero-order chi connectivity index (χ0) is 10.7. The van der Waals surface area contributed by atoms with Gasteiger partial charge in [-0.3, -0.25) is 4.79 Å². The highest BCUT2D eigenvalue weighted by atomic mass is 79.9. The van der Waals surface area contributed by atoms with E-state index in [9.17, 15) is 4.79 Å². The number of aromatic nitrogens is 1. The van der Waals surface area contributed by atoms with Crippen molar-refractivity contribution in [3.63, 3.8) is 0 Å². The fourth-order valence-corrected chi connectivity index (χ4v) is 1.85. The maximum atomic E-state index is 11.0. The van der Waals surface area contributed by atoms with Crippen LogP contribution in [0.4, 0.5) is 0 Å². The third-order valence-electron chi connectivity index (χ3n) is 2.14. The van der Waals surface area contributed by atoms with Crippen LogP contribution >= 0.6 is 15.9 Å². The molecule has 2 aromatic rings. The highest BCUT2D eigenvalue weighted by Crippen LogP contribution is 2.25. The third kappa shape index (κ3) is 1.97. The molecule has 3 heteroatoms. The first-order valence-electron chi connectivity index (χ1n) is 4.48. The number of rotatable bonds is 2. The molecule has 0 saturated carbocycles. The van der Waals surface area contributed by atoms with Gasteiger partial charge >= 0.3 is 0 Å². The largest absolute Gasteiger partial charge is 0.298 e. The second-order valence-corrected chi connectivity index (χ2v) is 3.80. The van der Waals surface area contributed by atoms with Crippen molar-refractivity contribution >= 4 is 22.2 Å². The smallest absolute Gasteiger partial charge is 0.153 e. The van der Waals surface area contributed by atoms with E-state index in [-0.39, 0.29) is 0 Å². The van der Waals surface area contributed by atoms with Gasteiger partial charge in [-0.1, -0.05) is 30.3 Å². The molecule has 0 radical (unpaired) electrons. The van der Waals surface area contributed by atoms with Gasteiger partial charge in [0, 0.05) is 6.20 Å². The Morgan fingerprint density at radius 3 is 2.53 bits per heavy atom. The fraction of sp³-hybridized carbons (Fsp3) is 0. The molecule has 0 aliphatic rings. The molecule has 15 heavy (non-hydrogen) atoms. The predicted octanol–water partition coefficient (Wildman–Crippen LogP) is 3.32. The number of benzene rings is 1. The van der Waals surface area contributed by atoms with Crippen molar-refractivity contribution in [1.82, 2.24) is 4.98 Å². The minimum atomic E-state index is 0.582. The third-order valence-corrected chi connectivity index (χ3v) is 2.78. The average Bonchev–Trinajstić information content (AvgIpc) is 2.30. The van der Waals surface area contributed by atoms with Crippen LogP contribution < -0.4 is 0 Å². The molecule has 1 heterocycles. The zero-order valence-corrected chi connectivity index (χ0v) is 9.44. The first-order valence-corrected chi connectivity index (χ1v) is 5.27. The van der Waals surface area contributed by atoms with Gasteiger partial charge < -0.3 is 0 Å². The molecule has 0 unspecified atom stereocenters. The molecule has 74 valence electrons. The quantitative estimate of drug-likeness (QED) is 0.613. The van der Waals surface area contributed by atoms with Crippen LogP contribution in [-0.4, -0.2) is 11.3 Å². The summed E-state index contributed by atoms with van der Waals surface area (Å²) in [4.78, 5) is 15.0. The van der Waals surface area contributed by atoms with E-state index in [2.05, 4.69) is 20.9 Å². The number of halogens is 1. The van der Waals surface area contributed by atoms with Gasteiger partial charge in [-0.15, -0.1) is 0 Å². The number of carbonyl (C=O) groups excluding carboxylic acids is 1. The SMILES string of the molecule is O=Cc1c(-c2ccccc2)ccnc1Br. The van der Waals surface area contributed by atoms with Gasteiger partial charge in [0.25, 0.3) is 0 Å². The minimum absolute atomic E-state index is 0.582. The van der Waals surface area contributed by atoms with Crippen molar-refractivity contribution in [2.75, 3.05) is 0 Å². The van der Waals surface area contributed by atoms with Crippen LogP contribution in [0.1, 0.15) is 10.4 Å². The van der Waals surface area contributed by atoms with Crippen LogP contribution in [-0.2, 0) is 0 Å². The standard InChI is InChI=1S/C12H8BrNO/c13-12-11(8-15)10(6-7-14-12)9-4-2-1-3-5-9/h1-8H. The first kappa shape index (κ1) is 10.1. The summed E-state index contributed by atoms with van der Waals surface area (Å²) >= 11 is 3.26.